The molecule has 0 N–H and O–H groups in total. The van der Waals surface area contributed by atoms with Crippen molar-refractivity contribution in [3.63, 3.8) is 0 Å². The average molecular weight is 654 g/mol. The molecule has 2 aromatic rings. The van der Waals surface area contributed by atoms with Gasteiger partial charge in [-0.05, 0) is 55.3 Å². The third-order valence-electron chi connectivity index (χ3n) is 8.30. The van der Waals surface area contributed by atoms with Crippen molar-refractivity contribution < 1.29 is 30.8 Å². The van der Waals surface area contributed by atoms with Gasteiger partial charge in [0.15, 0.2) is 0 Å². The van der Waals surface area contributed by atoms with Crippen molar-refractivity contribution in [2.24, 2.45) is 0 Å². The van der Waals surface area contributed by atoms with Crippen LogP contribution in [0.15, 0.2) is 36.4 Å². The molecule has 1 amide bonds. The minimum absolute atomic E-state index is 0.0774. The molecule has 0 aromatic heterocycles. The number of sulfonamides is 1. The molecule has 2 aliphatic heterocycles. The van der Waals surface area contributed by atoms with E-state index in [1.807, 2.05) is 15.9 Å². The minimum Gasteiger partial charge on any atom is -0.339 e. The maximum atomic E-state index is 14.3. The molecular weight excluding hydrogens is 619 g/mol. The number of rotatable bonds is 8. The van der Waals surface area contributed by atoms with E-state index in [9.17, 15) is 30.8 Å². The Morgan fingerprint density at radius 1 is 1.02 bits per heavy atom. The molecule has 0 bridgehead atoms. The highest BCUT2D eigenvalue weighted by Crippen LogP contribution is 2.36. The van der Waals surface area contributed by atoms with E-state index in [1.54, 1.807) is 31.1 Å². The smallest absolute Gasteiger partial charge is 0.339 e. The molecule has 2 atom stereocenters. The number of likely N-dealkylation sites (tertiary alicyclic amines) is 2. The number of hydrogen-bond donors (Lipinski definition) is 0. The highest BCUT2D eigenvalue weighted by atomic mass is 35.5. The lowest BCUT2D eigenvalue weighted by Crippen LogP contribution is -2.48. The Kier molecular flexibility index (Phi) is 10.2. The molecule has 0 unspecified atom stereocenters. The van der Waals surface area contributed by atoms with Crippen molar-refractivity contribution >= 4 is 39.1 Å². The van der Waals surface area contributed by atoms with Gasteiger partial charge in [-0.25, -0.2) is 17.1 Å². The molecule has 4 rings (SSSR count). The lowest BCUT2D eigenvalue weighted by molar-refractivity contribution is -0.140. The number of benzene rings is 2. The fraction of sp³-hybridized carbons (Fsp3) is 0.536. The van der Waals surface area contributed by atoms with Crippen LogP contribution in [-0.4, -0.2) is 98.5 Å². The Morgan fingerprint density at radius 3 is 2.26 bits per heavy atom. The van der Waals surface area contributed by atoms with E-state index in [4.69, 9.17) is 23.2 Å². The Hall–Kier alpha value is -1.96. The standard InChI is InChI=1S/C28H34Cl2F4N4O3S/c1-35(14-18-4-6-22(25(31)12-18)28(32,33)34)26-16-38(15-21(26)19-5-7-23(29)24(30)13-19)27(39)17-37-10-8-20(9-11-37)36(2)42(3,40)41/h4-7,12-13,20-21,26H,8-11,14-17H2,1-3H3/t21-,26-/m1/s1. The second-order valence-electron chi connectivity index (χ2n) is 11.2. The van der Waals surface area contributed by atoms with Crippen LogP contribution >= 0.6 is 23.2 Å². The van der Waals surface area contributed by atoms with Crippen molar-refractivity contribution in [3.8, 4) is 0 Å². The van der Waals surface area contributed by atoms with Gasteiger partial charge in [-0.3, -0.25) is 14.6 Å². The average Bonchev–Trinajstić information content (AvgIpc) is 3.35. The lowest BCUT2D eigenvalue weighted by atomic mass is 9.93. The number of piperidine rings is 1. The zero-order valence-corrected chi connectivity index (χ0v) is 25.9. The molecule has 2 heterocycles. The molecule has 232 valence electrons. The molecule has 2 fully saturated rings. The van der Waals surface area contributed by atoms with Gasteiger partial charge in [-0.2, -0.15) is 13.2 Å². The van der Waals surface area contributed by atoms with E-state index in [2.05, 4.69) is 0 Å². The largest absolute Gasteiger partial charge is 0.419 e. The zero-order chi connectivity index (χ0) is 31.0. The third kappa shape index (κ3) is 7.75. The molecule has 2 aromatic carbocycles. The van der Waals surface area contributed by atoms with Crippen LogP contribution in [0.3, 0.4) is 0 Å². The first-order valence-corrected chi connectivity index (χ1v) is 16.1. The van der Waals surface area contributed by atoms with Gasteiger partial charge < -0.3 is 4.90 Å². The third-order valence-corrected chi connectivity index (χ3v) is 10.4. The van der Waals surface area contributed by atoms with Crippen LogP contribution in [0.4, 0.5) is 17.6 Å². The number of alkyl halides is 3. The van der Waals surface area contributed by atoms with E-state index >= 15 is 0 Å². The normalized spacial score (nSPS) is 21.1. The van der Waals surface area contributed by atoms with E-state index in [-0.39, 0.29) is 37.0 Å². The zero-order valence-electron chi connectivity index (χ0n) is 23.5. The van der Waals surface area contributed by atoms with Gasteiger partial charge in [-0.15, -0.1) is 0 Å². The molecule has 0 saturated carbocycles. The van der Waals surface area contributed by atoms with Crippen LogP contribution in [-0.2, 0) is 27.5 Å². The Labute approximate surface area is 254 Å². The number of likely N-dealkylation sites (N-methyl/N-ethyl adjacent to an activating group) is 1. The van der Waals surface area contributed by atoms with Crippen LogP contribution in [0, 0.1) is 5.82 Å². The number of halogens is 6. The summed E-state index contributed by atoms with van der Waals surface area (Å²) in [5, 5.41) is 0.758. The Morgan fingerprint density at radius 2 is 1.69 bits per heavy atom. The SMILES string of the molecule is CN(Cc1ccc(C(F)(F)F)c(F)c1)[C@@H]1CN(C(=O)CN2CCC(N(C)S(C)(=O)=O)CC2)C[C@@H]1c1ccc(Cl)c(Cl)c1. The summed E-state index contributed by atoms with van der Waals surface area (Å²) in [6, 6.07) is 7.85. The summed E-state index contributed by atoms with van der Waals surface area (Å²) in [6.07, 6.45) is -2.35. The van der Waals surface area contributed by atoms with E-state index in [0.717, 1.165) is 17.7 Å². The van der Waals surface area contributed by atoms with Gasteiger partial charge in [0.25, 0.3) is 0 Å². The number of hydrogen-bond acceptors (Lipinski definition) is 5. The molecular formula is C28H34Cl2F4N4O3S. The summed E-state index contributed by atoms with van der Waals surface area (Å²) in [5.41, 5.74) is -0.0744. The van der Waals surface area contributed by atoms with E-state index in [0.29, 0.717) is 54.6 Å². The maximum absolute atomic E-state index is 14.3. The highest BCUT2D eigenvalue weighted by molar-refractivity contribution is 7.88. The lowest BCUT2D eigenvalue weighted by Gasteiger charge is -2.35. The summed E-state index contributed by atoms with van der Waals surface area (Å²) in [7, 11) is 0.0707. The molecule has 2 aliphatic rings. The van der Waals surface area contributed by atoms with Gasteiger partial charge in [0.05, 0.1) is 28.4 Å². The van der Waals surface area contributed by atoms with E-state index < -0.39 is 27.6 Å². The molecule has 42 heavy (non-hydrogen) atoms. The highest BCUT2D eigenvalue weighted by Gasteiger charge is 2.40. The predicted molar refractivity (Wildman–Crippen MR) is 155 cm³/mol. The van der Waals surface area contributed by atoms with Crippen LogP contribution in [0.5, 0.6) is 0 Å². The van der Waals surface area contributed by atoms with Crippen LogP contribution in [0.25, 0.3) is 0 Å². The van der Waals surface area contributed by atoms with Gasteiger partial charge in [0, 0.05) is 57.8 Å². The number of carbonyl (C=O) groups excluding carboxylic acids is 1. The molecule has 0 radical (unpaired) electrons. The number of carbonyl (C=O) groups is 1. The van der Waals surface area contributed by atoms with Crippen molar-refractivity contribution in [2.75, 3.05) is 53.1 Å². The second-order valence-corrected chi connectivity index (χ2v) is 14.0. The van der Waals surface area contributed by atoms with Crippen molar-refractivity contribution in [1.29, 1.82) is 0 Å². The molecule has 0 spiro atoms. The molecule has 14 heteroatoms. The minimum atomic E-state index is -4.78. The Bertz CT molecular complexity index is 1400. The summed E-state index contributed by atoms with van der Waals surface area (Å²) < 4.78 is 78.5. The molecule has 2 saturated heterocycles. The van der Waals surface area contributed by atoms with Gasteiger partial charge in [0.2, 0.25) is 15.9 Å². The first-order valence-electron chi connectivity index (χ1n) is 13.5. The summed E-state index contributed by atoms with van der Waals surface area (Å²) in [4.78, 5) is 19.1. The fourth-order valence-corrected chi connectivity index (χ4v) is 6.86. The van der Waals surface area contributed by atoms with Gasteiger partial charge in [-0.1, -0.05) is 35.3 Å². The molecule has 7 nitrogen and oxygen atoms in total. The summed E-state index contributed by atoms with van der Waals surface area (Å²) in [6.45, 7) is 2.27. The quantitative estimate of drug-likeness (QED) is 0.379. The van der Waals surface area contributed by atoms with Crippen molar-refractivity contribution in [2.45, 2.75) is 43.6 Å². The van der Waals surface area contributed by atoms with Gasteiger partial charge in [0.1, 0.15) is 5.82 Å². The molecule has 0 aliphatic carbocycles. The monoisotopic (exact) mass is 652 g/mol. The Balaban J connectivity index is 1.47. The van der Waals surface area contributed by atoms with Crippen LogP contribution in [0.2, 0.25) is 10.0 Å². The van der Waals surface area contributed by atoms with Crippen molar-refractivity contribution in [3.05, 3.63) is 69.0 Å². The fourth-order valence-electron chi connectivity index (χ4n) is 5.80. The summed E-state index contributed by atoms with van der Waals surface area (Å²) in [5.74, 6) is -1.59. The first kappa shape index (κ1) is 32.9. The maximum Gasteiger partial charge on any atom is 0.419 e. The van der Waals surface area contributed by atoms with Crippen LogP contribution in [0.1, 0.15) is 35.4 Å². The first-order chi connectivity index (χ1) is 19.5. The number of nitrogens with zero attached hydrogens (tertiary/aromatic N) is 4. The van der Waals surface area contributed by atoms with Crippen LogP contribution < -0.4 is 0 Å². The second kappa shape index (κ2) is 13.0. The number of amides is 1. The van der Waals surface area contributed by atoms with Crippen molar-refractivity contribution in [1.82, 2.24) is 19.0 Å². The van der Waals surface area contributed by atoms with E-state index in [1.165, 1.54) is 16.6 Å². The van der Waals surface area contributed by atoms with Gasteiger partial charge >= 0.3 is 6.18 Å². The predicted octanol–water partition coefficient (Wildman–Crippen LogP) is 4.93. The topological polar surface area (TPSA) is 64.2 Å². The summed E-state index contributed by atoms with van der Waals surface area (Å²) >= 11 is 12.4.